The van der Waals surface area contributed by atoms with E-state index in [1.165, 1.54) is 0 Å². The molecule has 1 atom stereocenters. The Morgan fingerprint density at radius 1 is 1.45 bits per heavy atom. The number of rotatable bonds is 5. The Morgan fingerprint density at radius 2 is 2.15 bits per heavy atom. The summed E-state index contributed by atoms with van der Waals surface area (Å²) in [6.45, 7) is 9.86. The van der Waals surface area contributed by atoms with Crippen molar-refractivity contribution in [1.82, 2.24) is 20.0 Å². The van der Waals surface area contributed by atoms with Gasteiger partial charge in [0.2, 0.25) is 0 Å². The summed E-state index contributed by atoms with van der Waals surface area (Å²) in [6, 6.07) is -0.0563. The lowest BCUT2D eigenvalue weighted by molar-refractivity contribution is -0.150. The van der Waals surface area contributed by atoms with Crippen molar-refractivity contribution in [3.63, 3.8) is 0 Å². The molecular formula is C14H24N4O2. The summed E-state index contributed by atoms with van der Waals surface area (Å²) in [5, 5.41) is 7.64. The molecule has 20 heavy (non-hydrogen) atoms. The summed E-state index contributed by atoms with van der Waals surface area (Å²) in [7, 11) is 0. The van der Waals surface area contributed by atoms with Crippen LogP contribution in [0.3, 0.4) is 0 Å². The van der Waals surface area contributed by atoms with E-state index in [2.05, 4.69) is 29.2 Å². The van der Waals surface area contributed by atoms with Gasteiger partial charge in [0.25, 0.3) is 0 Å². The summed E-state index contributed by atoms with van der Waals surface area (Å²) in [4.78, 5) is 14.5. The first-order valence-corrected chi connectivity index (χ1v) is 7.29. The molecule has 1 unspecified atom stereocenters. The maximum Gasteiger partial charge on any atom is 0.328 e. The van der Waals surface area contributed by atoms with E-state index >= 15 is 0 Å². The molecule has 6 nitrogen and oxygen atoms in total. The highest BCUT2D eigenvalue weighted by atomic mass is 16.5. The van der Waals surface area contributed by atoms with E-state index in [9.17, 15) is 4.79 Å². The second-order valence-electron chi connectivity index (χ2n) is 5.29. The number of carbonyl (C=O) groups is 1. The monoisotopic (exact) mass is 280 g/mol. The molecule has 0 amide bonds. The smallest absolute Gasteiger partial charge is 0.328 e. The molecule has 1 saturated heterocycles. The van der Waals surface area contributed by atoms with Gasteiger partial charge in [-0.2, -0.15) is 5.10 Å². The van der Waals surface area contributed by atoms with Gasteiger partial charge in [-0.15, -0.1) is 0 Å². The highest BCUT2D eigenvalue weighted by Gasteiger charge is 2.31. The van der Waals surface area contributed by atoms with Gasteiger partial charge in [0, 0.05) is 44.0 Å². The molecule has 0 spiro atoms. The van der Waals surface area contributed by atoms with Crippen LogP contribution in [0.25, 0.3) is 0 Å². The van der Waals surface area contributed by atoms with Crippen LogP contribution in [-0.4, -0.2) is 53.4 Å². The van der Waals surface area contributed by atoms with E-state index in [0.717, 1.165) is 31.7 Å². The van der Waals surface area contributed by atoms with E-state index in [1.54, 1.807) is 6.20 Å². The maximum atomic E-state index is 12.3. The Kier molecular flexibility index (Phi) is 5.14. The lowest BCUT2D eigenvalue weighted by Gasteiger charge is -2.32. The molecule has 1 aromatic rings. The molecule has 2 heterocycles. The number of nitrogens with zero attached hydrogens (tertiary/aromatic N) is 3. The number of piperazine rings is 1. The third-order valence-corrected chi connectivity index (χ3v) is 3.49. The molecular weight excluding hydrogens is 256 g/mol. The Morgan fingerprint density at radius 3 is 2.70 bits per heavy atom. The zero-order chi connectivity index (χ0) is 14.5. The quantitative estimate of drug-likeness (QED) is 0.815. The molecule has 112 valence electrons. The van der Waals surface area contributed by atoms with Crippen molar-refractivity contribution in [2.45, 2.75) is 32.9 Å². The number of aromatic nitrogens is 2. The maximum absolute atomic E-state index is 12.3. The fourth-order valence-corrected chi connectivity index (χ4v) is 2.43. The van der Waals surface area contributed by atoms with Gasteiger partial charge in [-0.25, -0.2) is 4.79 Å². The highest BCUT2D eigenvalue weighted by molar-refractivity contribution is 5.77. The normalized spacial score (nSPS) is 18.2. The van der Waals surface area contributed by atoms with E-state index in [0.29, 0.717) is 6.61 Å². The SMILES string of the molecule is CCOC(=O)C(c1cnn(C(C)C)c1)N1CCNCC1. The van der Waals surface area contributed by atoms with Crippen molar-refractivity contribution >= 4 is 5.97 Å². The first kappa shape index (κ1) is 15.0. The van der Waals surface area contributed by atoms with Gasteiger partial charge in [-0.3, -0.25) is 9.58 Å². The molecule has 0 saturated carbocycles. The number of carbonyl (C=O) groups excluding carboxylic acids is 1. The van der Waals surface area contributed by atoms with E-state index in [1.807, 2.05) is 17.8 Å². The third-order valence-electron chi connectivity index (χ3n) is 3.49. The number of nitrogens with one attached hydrogen (secondary N) is 1. The van der Waals surface area contributed by atoms with Crippen LogP contribution in [0.2, 0.25) is 0 Å². The van der Waals surface area contributed by atoms with E-state index in [4.69, 9.17) is 4.74 Å². The van der Waals surface area contributed by atoms with Gasteiger partial charge in [0.15, 0.2) is 0 Å². The standard InChI is InChI=1S/C14H24N4O2/c1-4-20-14(19)13(17-7-5-15-6-8-17)12-9-16-18(10-12)11(2)3/h9-11,13,15H,4-8H2,1-3H3. The summed E-state index contributed by atoms with van der Waals surface area (Å²) in [5.74, 6) is -0.183. The molecule has 0 aromatic carbocycles. The van der Waals surface area contributed by atoms with Gasteiger partial charge in [0.1, 0.15) is 6.04 Å². The lowest BCUT2D eigenvalue weighted by Crippen LogP contribution is -2.47. The predicted octanol–water partition coefficient (Wildman–Crippen LogP) is 0.973. The molecule has 0 aliphatic carbocycles. The predicted molar refractivity (Wildman–Crippen MR) is 76.4 cm³/mol. The summed E-state index contributed by atoms with van der Waals surface area (Å²) < 4.78 is 7.12. The fourth-order valence-electron chi connectivity index (χ4n) is 2.43. The molecule has 0 radical (unpaired) electrons. The number of hydrogen-bond donors (Lipinski definition) is 1. The van der Waals surface area contributed by atoms with Crippen LogP contribution in [0.15, 0.2) is 12.4 Å². The average molecular weight is 280 g/mol. The summed E-state index contributed by atoms with van der Waals surface area (Å²) in [6.07, 6.45) is 3.73. The molecule has 1 N–H and O–H groups in total. The van der Waals surface area contributed by atoms with Crippen molar-refractivity contribution in [3.05, 3.63) is 18.0 Å². The Balaban J connectivity index is 2.21. The topological polar surface area (TPSA) is 59.4 Å². The van der Waals surface area contributed by atoms with Gasteiger partial charge in [0.05, 0.1) is 12.8 Å². The number of ether oxygens (including phenoxy) is 1. The zero-order valence-corrected chi connectivity index (χ0v) is 12.5. The lowest BCUT2D eigenvalue weighted by atomic mass is 10.1. The minimum atomic E-state index is -0.343. The molecule has 1 aliphatic heterocycles. The van der Waals surface area contributed by atoms with Gasteiger partial charge >= 0.3 is 5.97 Å². The molecule has 1 aliphatic rings. The van der Waals surface area contributed by atoms with Crippen molar-refractivity contribution in [2.24, 2.45) is 0 Å². The van der Waals surface area contributed by atoms with Crippen LogP contribution in [-0.2, 0) is 9.53 Å². The van der Waals surface area contributed by atoms with E-state index < -0.39 is 0 Å². The van der Waals surface area contributed by atoms with Gasteiger partial charge in [-0.1, -0.05) is 0 Å². The summed E-state index contributed by atoms with van der Waals surface area (Å²) >= 11 is 0. The second-order valence-corrected chi connectivity index (χ2v) is 5.29. The van der Waals surface area contributed by atoms with Crippen molar-refractivity contribution in [1.29, 1.82) is 0 Å². The molecule has 1 fully saturated rings. The Labute approximate surface area is 120 Å². The van der Waals surface area contributed by atoms with Crippen LogP contribution in [0.5, 0.6) is 0 Å². The minimum absolute atomic E-state index is 0.183. The fraction of sp³-hybridized carbons (Fsp3) is 0.714. The van der Waals surface area contributed by atoms with Crippen LogP contribution in [0.1, 0.15) is 38.4 Å². The molecule has 2 rings (SSSR count). The zero-order valence-electron chi connectivity index (χ0n) is 12.5. The number of esters is 1. The molecule has 1 aromatic heterocycles. The summed E-state index contributed by atoms with van der Waals surface area (Å²) in [5.41, 5.74) is 0.916. The highest BCUT2D eigenvalue weighted by Crippen LogP contribution is 2.23. The Hall–Kier alpha value is -1.40. The van der Waals surface area contributed by atoms with Crippen LogP contribution < -0.4 is 5.32 Å². The molecule has 0 bridgehead atoms. The third kappa shape index (κ3) is 3.37. The largest absolute Gasteiger partial charge is 0.465 e. The van der Waals surface area contributed by atoms with Crippen molar-refractivity contribution in [2.75, 3.05) is 32.8 Å². The first-order chi connectivity index (χ1) is 9.63. The number of hydrogen-bond acceptors (Lipinski definition) is 5. The van der Waals surface area contributed by atoms with Crippen LogP contribution >= 0.6 is 0 Å². The average Bonchev–Trinajstić information content (AvgIpc) is 2.90. The second kappa shape index (κ2) is 6.85. The Bertz CT molecular complexity index is 438. The van der Waals surface area contributed by atoms with Gasteiger partial charge < -0.3 is 10.1 Å². The van der Waals surface area contributed by atoms with Crippen LogP contribution in [0.4, 0.5) is 0 Å². The van der Waals surface area contributed by atoms with Gasteiger partial charge in [-0.05, 0) is 20.8 Å². The van der Waals surface area contributed by atoms with Crippen molar-refractivity contribution in [3.8, 4) is 0 Å². The molecule has 6 heteroatoms. The van der Waals surface area contributed by atoms with Crippen molar-refractivity contribution < 1.29 is 9.53 Å². The first-order valence-electron chi connectivity index (χ1n) is 7.29. The van der Waals surface area contributed by atoms with E-state index in [-0.39, 0.29) is 18.1 Å². The minimum Gasteiger partial charge on any atom is -0.465 e. The van der Waals surface area contributed by atoms with Crippen LogP contribution in [0, 0.1) is 0 Å².